The van der Waals surface area contributed by atoms with Crippen molar-refractivity contribution in [3.63, 3.8) is 0 Å². The minimum absolute atomic E-state index is 0.000970. The van der Waals surface area contributed by atoms with Gasteiger partial charge in [0.25, 0.3) is 5.69 Å². The summed E-state index contributed by atoms with van der Waals surface area (Å²) in [4.78, 5) is 26.8. The maximum Gasteiger partial charge on any atom is 0.270 e. The van der Waals surface area contributed by atoms with Crippen molar-refractivity contribution in [2.75, 3.05) is 11.9 Å². The molecule has 1 aliphatic heterocycles. The average Bonchev–Trinajstić information content (AvgIpc) is 3.33. The standard InChI is InChI=1S/C24H20N6O4S/c1-14(31)25-20-9-10-34-22-7-5-16(12-18(20)22)21-13-35-24(26-21)27-23-8-6-19(28-29-23)15-3-2-4-17(11-15)30(32)33/h2-8,11-13,20H,9-10H2,1H3,(H,25,31)(H,26,27,29). The Morgan fingerprint density at radius 3 is 2.74 bits per heavy atom. The second-order valence-electron chi connectivity index (χ2n) is 7.92. The van der Waals surface area contributed by atoms with Crippen LogP contribution in [0.3, 0.4) is 0 Å². The van der Waals surface area contributed by atoms with Crippen LogP contribution in [0.1, 0.15) is 24.9 Å². The number of ether oxygens (including phenoxy) is 1. The zero-order valence-electron chi connectivity index (χ0n) is 18.6. The van der Waals surface area contributed by atoms with E-state index >= 15 is 0 Å². The van der Waals surface area contributed by atoms with E-state index in [1.807, 2.05) is 23.6 Å². The van der Waals surface area contributed by atoms with Crippen LogP contribution in [0, 0.1) is 10.1 Å². The van der Waals surface area contributed by atoms with Crippen LogP contribution in [0.4, 0.5) is 16.6 Å². The minimum atomic E-state index is -0.442. The molecule has 2 aromatic heterocycles. The molecule has 2 aromatic carbocycles. The second-order valence-corrected chi connectivity index (χ2v) is 8.78. The average molecular weight is 489 g/mol. The van der Waals surface area contributed by atoms with Crippen LogP contribution in [0.5, 0.6) is 5.75 Å². The molecule has 176 valence electrons. The molecule has 0 saturated heterocycles. The Labute approximate surface area is 204 Å². The lowest BCUT2D eigenvalue weighted by Gasteiger charge is -2.26. The second kappa shape index (κ2) is 9.47. The van der Waals surface area contributed by atoms with Gasteiger partial charge in [0.2, 0.25) is 5.91 Å². The highest BCUT2D eigenvalue weighted by molar-refractivity contribution is 7.14. The Bertz CT molecular complexity index is 1410. The smallest absolute Gasteiger partial charge is 0.270 e. The lowest BCUT2D eigenvalue weighted by atomic mass is 9.97. The van der Waals surface area contributed by atoms with Gasteiger partial charge in [-0.25, -0.2) is 4.98 Å². The topological polar surface area (TPSA) is 132 Å². The predicted octanol–water partition coefficient (Wildman–Crippen LogP) is 4.88. The molecule has 0 bridgehead atoms. The van der Waals surface area contributed by atoms with Crippen LogP contribution in [-0.4, -0.2) is 32.6 Å². The highest BCUT2D eigenvalue weighted by Gasteiger charge is 2.23. The molecule has 11 heteroatoms. The van der Waals surface area contributed by atoms with E-state index in [4.69, 9.17) is 4.74 Å². The van der Waals surface area contributed by atoms with Crippen LogP contribution in [0.25, 0.3) is 22.5 Å². The number of nitro benzene ring substituents is 1. The Balaban J connectivity index is 1.32. The van der Waals surface area contributed by atoms with Gasteiger partial charge >= 0.3 is 0 Å². The van der Waals surface area contributed by atoms with Crippen molar-refractivity contribution in [2.24, 2.45) is 0 Å². The van der Waals surface area contributed by atoms with Crippen molar-refractivity contribution in [1.82, 2.24) is 20.5 Å². The summed E-state index contributed by atoms with van der Waals surface area (Å²) >= 11 is 1.43. The van der Waals surface area contributed by atoms with E-state index in [-0.39, 0.29) is 17.6 Å². The molecule has 1 atom stereocenters. The van der Waals surface area contributed by atoms with Gasteiger partial charge in [0.15, 0.2) is 10.9 Å². The summed E-state index contributed by atoms with van der Waals surface area (Å²) in [6.07, 6.45) is 0.713. The number of thiazole rings is 1. The Morgan fingerprint density at radius 2 is 1.97 bits per heavy atom. The quantitative estimate of drug-likeness (QED) is 0.290. The highest BCUT2D eigenvalue weighted by atomic mass is 32.1. The number of non-ortho nitro benzene ring substituents is 1. The molecule has 1 unspecified atom stereocenters. The molecule has 0 fully saturated rings. The Morgan fingerprint density at radius 1 is 1.11 bits per heavy atom. The van der Waals surface area contributed by atoms with Crippen molar-refractivity contribution in [3.05, 3.63) is 75.7 Å². The van der Waals surface area contributed by atoms with Gasteiger partial charge in [0.05, 0.1) is 29.0 Å². The number of amides is 1. The summed E-state index contributed by atoms with van der Waals surface area (Å²) in [5.41, 5.74) is 3.79. The summed E-state index contributed by atoms with van der Waals surface area (Å²) in [7, 11) is 0. The van der Waals surface area contributed by atoms with E-state index in [0.29, 0.717) is 35.2 Å². The van der Waals surface area contributed by atoms with Crippen LogP contribution in [0.15, 0.2) is 60.0 Å². The summed E-state index contributed by atoms with van der Waals surface area (Å²) in [5, 5.41) is 28.1. The van der Waals surface area contributed by atoms with Crippen molar-refractivity contribution in [1.29, 1.82) is 0 Å². The molecule has 1 aliphatic rings. The fraction of sp³-hybridized carbons (Fsp3) is 0.167. The van der Waals surface area contributed by atoms with E-state index in [1.165, 1.54) is 30.4 Å². The van der Waals surface area contributed by atoms with Gasteiger partial charge in [-0.1, -0.05) is 12.1 Å². The molecular weight excluding hydrogens is 468 g/mol. The Kier molecular flexibility index (Phi) is 6.06. The normalized spacial score (nSPS) is 14.5. The van der Waals surface area contributed by atoms with Gasteiger partial charge in [0, 0.05) is 47.5 Å². The van der Waals surface area contributed by atoms with Gasteiger partial charge in [-0.3, -0.25) is 14.9 Å². The number of rotatable bonds is 6. The third-order valence-electron chi connectivity index (χ3n) is 5.48. The van der Waals surface area contributed by atoms with Crippen molar-refractivity contribution < 1.29 is 14.5 Å². The first-order valence-electron chi connectivity index (χ1n) is 10.8. The summed E-state index contributed by atoms with van der Waals surface area (Å²) in [5.74, 6) is 1.20. The number of nitrogens with one attached hydrogen (secondary N) is 2. The first-order valence-corrected chi connectivity index (χ1v) is 11.7. The number of nitrogens with zero attached hydrogens (tertiary/aromatic N) is 4. The molecule has 4 aromatic rings. The number of anilines is 2. The lowest BCUT2D eigenvalue weighted by molar-refractivity contribution is -0.384. The maximum atomic E-state index is 11.6. The zero-order valence-corrected chi connectivity index (χ0v) is 19.4. The molecular formula is C24H20N6O4S. The van der Waals surface area contributed by atoms with Gasteiger partial charge < -0.3 is 15.4 Å². The summed E-state index contributed by atoms with van der Waals surface area (Å²) in [6, 6.07) is 15.5. The van der Waals surface area contributed by atoms with Gasteiger partial charge in [-0.05, 0) is 30.3 Å². The first-order chi connectivity index (χ1) is 17.0. The number of hydrogen-bond acceptors (Lipinski definition) is 9. The molecule has 5 rings (SSSR count). The van der Waals surface area contributed by atoms with Crippen LogP contribution >= 0.6 is 11.3 Å². The molecule has 1 amide bonds. The Hall–Kier alpha value is -4.38. The van der Waals surface area contributed by atoms with E-state index < -0.39 is 4.92 Å². The van der Waals surface area contributed by atoms with E-state index in [9.17, 15) is 14.9 Å². The van der Waals surface area contributed by atoms with Crippen molar-refractivity contribution in [2.45, 2.75) is 19.4 Å². The minimum Gasteiger partial charge on any atom is -0.493 e. The predicted molar refractivity (Wildman–Crippen MR) is 132 cm³/mol. The van der Waals surface area contributed by atoms with Gasteiger partial charge in [0.1, 0.15) is 5.75 Å². The van der Waals surface area contributed by atoms with Gasteiger partial charge in [-0.15, -0.1) is 21.5 Å². The SMILES string of the molecule is CC(=O)NC1CCOc2ccc(-c3csc(Nc4ccc(-c5cccc([N+](=O)[O-])c5)nn4)n3)cc21. The van der Waals surface area contributed by atoms with Crippen LogP contribution in [0.2, 0.25) is 0 Å². The fourth-order valence-corrected chi connectivity index (χ4v) is 4.58. The number of hydrogen-bond donors (Lipinski definition) is 2. The zero-order chi connectivity index (χ0) is 24.4. The molecule has 0 radical (unpaired) electrons. The molecule has 2 N–H and O–H groups in total. The number of nitro groups is 1. The van der Waals surface area contributed by atoms with Gasteiger partial charge in [-0.2, -0.15) is 0 Å². The fourth-order valence-electron chi connectivity index (χ4n) is 3.85. The third kappa shape index (κ3) is 4.94. The number of fused-ring (bicyclic) bond motifs is 1. The number of benzene rings is 2. The molecule has 3 heterocycles. The van der Waals surface area contributed by atoms with E-state index in [0.717, 1.165) is 22.6 Å². The van der Waals surface area contributed by atoms with Crippen molar-refractivity contribution in [3.8, 4) is 28.3 Å². The van der Waals surface area contributed by atoms with Crippen LogP contribution in [-0.2, 0) is 4.79 Å². The number of carbonyl (C=O) groups excluding carboxylic acids is 1. The van der Waals surface area contributed by atoms with E-state index in [1.54, 1.807) is 24.3 Å². The monoisotopic (exact) mass is 488 g/mol. The third-order valence-corrected chi connectivity index (χ3v) is 6.24. The van der Waals surface area contributed by atoms with E-state index in [2.05, 4.69) is 25.8 Å². The summed E-state index contributed by atoms with van der Waals surface area (Å²) < 4.78 is 5.74. The largest absolute Gasteiger partial charge is 0.493 e. The first kappa shape index (κ1) is 22.4. The number of aromatic nitrogens is 3. The maximum absolute atomic E-state index is 11.6. The number of carbonyl (C=O) groups is 1. The van der Waals surface area contributed by atoms with Crippen molar-refractivity contribution >= 4 is 33.9 Å². The lowest BCUT2D eigenvalue weighted by Crippen LogP contribution is -2.30. The molecule has 0 aliphatic carbocycles. The van der Waals surface area contributed by atoms with Crippen LogP contribution < -0.4 is 15.4 Å². The molecule has 10 nitrogen and oxygen atoms in total. The summed E-state index contributed by atoms with van der Waals surface area (Å²) in [6.45, 7) is 2.07. The molecule has 0 spiro atoms. The molecule has 0 saturated carbocycles. The molecule has 35 heavy (non-hydrogen) atoms. The highest BCUT2D eigenvalue weighted by Crippen LogP contribution is 2.36.